The lowest BCUT2D eigenvalue weighted by Crippen LogP contribution is -2.25. The molecule has 1 atom stereocenters. The first-order chi connectivity index (χ1) is 12.8. The number of aromatic nitrogens is 1. The van der Waals surface area contributed by atoms with Crippen LogP contribution in [0.25, 0.3) is 0 Å². The number of nitrogens with one attached hydrogen (secondary N) is 3. The van der Waals surface area contributed by atoms with Crippen molar-refractivity contribution in [3.63, 3.8) is 0 Å². The van der Waals surface area contributed by atoms with Gasteiger partial charge in [-0.1, -0.05) is 11.2 Å². The summed E-state index contributed by atoms with van der Waals surface area (Å²) in [5.41, 5.74) is 1.87. The highest BCUT2D eigenvalue weighted by molar-refractivity contribution is 8.01. The molecule has 0 bridgehead atoms. The number of benzene rings is 1. The highest BCUT2D eigenvalue weighted by Gasteiger charge is 2.17. The lowest BCUT2D eigenvalue weighted by Gasteiger charge is -2.12. The van der Waals surface area contributed by atoms with Crippen LogP contribution in [0, 0.1) is 13.8 Å². The third kappa shape index (κ3) is 5.85. The van der Waals surface area contributed by atoms with Crippen molar-refractivity contribution >= 4 is 41.0 Å². The van der Waals surface area contributed by atoms with Gasteiger partial charge in [-0.3, -0.25) is 14.4 Å². The number of amides is 3. The third-order valence-electron chi connectivity index (χ3n) is 3.71. The van der Waals surface area contributed by atoms with Crippen LogP contribution < -0.4 is 16.0 Å². The van der Waals surface area contributed by atoms with Gasteiger partial charge in [0.15, 0.2) is 5.82 Å². The summed E-state index contributed by atoms with van der Waals surface area (Å²) in [5, 5.41) is 11.2. The van der Waals surface area contributed by atoms with Gasteiger partial charge in [0.1, 0.15) is 5.76 Å². The van der Waals surface area contributed by atoms with Crippen molar-refractivity contribution in [2.45, 2.75) is 26.0 Å². The summed E-state index contributed by atoms with van der Waals surface area (Å²) in [4.78, 5) is 36.0. The van der Waals surface area contributed by atoms with Gasteiger partial charge in [-0.05, 0) is 38.5 Å². The summed E-state index contributed by atoms with van der Waals surface area (Å²) in [6.07, 6.45) is 0. The Morgan fingerprint density at radius 2 is 1.93 bits per heavy atom. The second kappa shape index (κ2) is 9.22. The van der Waals surface area contributed by atoms with E-state index in [-0.39, 0.29) is 23.5 Å². The van der Waals surface area contributed by atoms with Crippen molar-refractivity contribution in [2.75, 3.05) is 23.4 Å². The lowest BCUT2D eigenvalue weighted by atomic mass is 10.1. The minimum atomic E-state index is -0.453. The molecule has 0 radical (unpaired) electrons. The Labute approximate surface area is 161 Å². The van der Waals surface area contributed by atoms with E-state index in [4.69, 9.17) is 4.52 Å². The van der Waals surface area contributed by atoms with Gasteiger partial charge in [-0.25, -0.2) is 0 Å². The molecule has 0 aliphatic carbocycles. The quantitative estimate of drug-likeness (QED) is 0.669. The van der Waals surface area contributed by atoms with Crippen molar-refractivity contribution in [3.8, 4) is 0 Å². The molecular formula is C18H22N4O4S. The molecule has 0 saturated heterocycles. The molecule has 9 heteroatoms. The van der Waals surface area contributed by atoms with Crippen molar-refractivity contribution in [1.29, 1.82) is 0 Å². The van der Waals surface area contributed by atoms with Crippen molar-refractivity contribution in [3.05, 3.63) is 41.2 Å². The number of nitrogens with zero attached hydrogens (tertiary/aromatic N) is 1. The van der Waals surface area contributed by atoms with Crippen molar-refractivity contribution in [1.82, 2.24) is 10.5 Å². The summed E-state index contributed by atoms with van der Waals surface area (Å²) in [5.74, 6) is 0.285. The van der Waals surface area contributed by atoms with E-state index in [1.165, 1.54) is 11.8 Å². The smallest absolute Gasteiger partial charge is 0.251 e. The third-order valence-corrected chi connectivity index (χ3v) is 4.86. The number of hydrogen-bond donors (Lipinski definition) is 3. The number of carbonyl (C=O) groups excluding carboxylic acids is 3. The van der Waals surface area contributed by atoms with Gasteiger partial charge < -0.3 is 20.5 Å². The van der Waals surface area contributed by atoms with Crippen LogP contribution in [0.1, 0.15) is 28.6 Å². The van der Waals surface area contributed by atoms with E-state index >= 15 is 0 Å². The maximum atomic E-state index is 12.2. The Balaban J connectivity index is 1.88. The molecule has 144 valence electrons. The van der Waals surface area contributed by atoms with Gasteiger partial charge in [0.05, 0.1) is 11.0 Å². The minimum Gasteiger partial charge on any atom is -0.360 e. The maximum absolute atomic E-state index is 12.2. The molecule has 1 heterocycles. The van der Waals surface area contributed by atoms with E-state index in [9.17, 15) is 14.4 Å². The Bertz CT molecular complexity index is 850. The first kappa shape index (κ1) is 20.5. The van der Waals surface area contributed by atoms with Gasteiger partial charge in [0, 0.05) is 24.4 Å². The van der Waals surface area contributed by atoms with Crippen LogP contribution in [0.3, 0.4) is 0 Å². The summed E-state index contributed by atoms with van der Waals surface area (Å²) >= 11 is 1.20. The average Bonchev–Trinajstić information content (AvgIpc) is 3.05. The summed E-state index contributed by atoms with van der Waals surface area (Å²) in [6.45, 7) is 5.27. The van der Waals surface area contributed by atoms with E-state index in [0.29, 0.717) is 22.8 Å². The monoisotopic (exact) mass is 390 g/mol. The second-order valence-corrected chi connectivity index (χ2v) is 7.25. The van der Waals surface area contributed by atoms with E-state index < -0.39 is 5.25 Å². The van der Waals surface area contributed by atoms with Crippen LogP contribution in [-0.2, 0) is 9.59 Å². The predicted octanol–water partition coefficient (Wildman–Crippen LogP) is 2.35. The number of rotatable bonds is 7. The standard InChI is InChI=1S/C18H22N4O4S/c1-10-5-6-13(18(25)19-4)8-14(10)20-16(23)9-27-12(3)17(24)21-15-7-11(2)26-22-15/h5-8,12H,9H2,1-4H3,(H,19,25)(H,20,23)(H,21,22,24). The molecule has 1 unspecified atom stereocenters. The Hall–Kier alpha value is -2.81. The molecule has 27 heavy (non-hydrogen) atoms. The highest BCUT2D eigenvalue weighted by Crippen LogP contribution is 2.19. The number of anilines is 2. The molecule has 0 aliphatic heterocycles. The first-order valence-corrected chi connectivity index (χ1v) is 9.33. The van der Waals surface area contributed by atoms with Gasteiger partial charge in [0.25, 0.3) is 5.91 Å². The molecule has 0 spiro atoms. The Morgan fingerprint density at radius 1 is 1.19 bits per heavy atom. The normalized spacial score (nSPS) is 11.6. The van der Waals surface area contributed by atoms with Gasteiger partial charge in [-0.15, -0.1) is 11.8 Å². The zero-order chi connectivity index (χ0) is 20.0. The van der Waals surface area contributed by atoms with Crippen LogP contribution in [-0.4, -0.2) is 40.9 Å². The highest BCUT2D eigenvalue weighted by atomic mass is 32.2. The molecule has 3 amide bonds. The number of thioether (sulfide) groups is 1. The Morgan fingerprint density at radius 3 is 2.56 bits per heavy atom. The molecule has 8 nitrogen and oxygen atoms in total. The molecular weight excluding hydrogens is 368 g/mol. The molecule has 0 aliphatic rings. The van der Waals surface area contributed by atoms with Crippen LogP contribution in [0.15, 0.2) is 28.8 Å². The number of aryl methyl sites for hydroxylation is 2. The average molecular weight is 390 g/mol. The summed E-state index contributed by atoms with van der Waals surface area (Å²) in [7, 11) is 1.55. The zero-order valence-corrected chi connectivity index (χ0v) is 16.4. The number of carbonyl (C=O) groups is 3. The molecule has 0 fully saturated rings. The van der Waals surface area contributed by atoms with E-state index in [2.05, 4.69) is 21.1 Å². The fraction of sp³-hybridized carbons (Fsp3) is 0.333. The summed E-state index contributed by atoms with van der Waals surface area (Å²) < 4.78 is 4.89. The minimum absolute atomic E-state index is 0.0933. The maximum Gasteiger partial charge on any atom is 0.251 e. The lowest BCUT2D eigenvalue weighted by molar-refractivity contribution is -0.115. The first-order valence-electron chi connectivity index (χ1n) is 8.28. The SMILES string of the molecule is CNC(=O)c1ccc(C)c(NC(=O)CSC(C)C(=O)Nc2cc(C)on2)c1. The van der Waals surface area contributed by atoms with E-state index in [0.717, 1.165) is 5.56 Å². The predicted molar refractivity (Wildman–Crippen MR) is 105 cm³/mol. The molecule has 2 aromatic rings. The number of hydrogen-bond acceptors (Lipinski definition) is 6. The topological polar surface area (TPSA) is 113 Å². The van der Waals surface area contributed by atoms with Crippen LogP contribution in [0.4, 0.5) is 11.5 Å². The summed E-state index contributed by atoms with van der Waals surface area (Å²) in [6, 6.07) is 6.70. The van der Waals surface area contributed by atoms with E-state index in [1.807, 2.05) is 6.92 Å². The van der Waals surface area contributed by atoms with Gasteiger partial charge >= 0.3 is 0 Å². The largest absolute Gasteiger partial charge is 0.360 e. The van der Waals surface area contributed by atoms with Gasteiger partial charge in [-0.2, -0.15) is 0 Å². The molecule has 2 rings (SSSR count). The van der Waals surface area contributed by atoms with Gasteiger partial charge in [0.2, 0.25) is 11.8 Å². The van der Waals surface area contributed by atoms with Crippen molar-refractivity contribution in [2.24, 2.45) is 0 Å². The van der Waals surface area contributed by atoms with Crippen molar-refractivity contribution < 1.29 is 18.9 Å². The second-order valence-electron chi connectivity index (χ2n) is 5.92. The fourth-order valence-electron chi connectivity index (χ4n) is 2.16. The molecule has 1 aromatic heterocycles. The Kier molecular flexibility index (Phi) is 7.00. The van der Waals surface area contributed by atoms with Crippen LogP contribution in [0.5, 0.6) is 0 Å². The fourth-order valence-corrected chi connectivity index (χ4v) is 2.84. The molecule has 0 saturated carbocycles. The molecule has 3 N–H and O–H groups in total. The van der Waals surface area contributed by atoms with Crippen LogP contribution in [0.2, 0.25) is 0 Å². The zero-order valence-electron chi connectivity index (χ0n) is 15.6. The molecule has 1 aromatic carbocycles. The van der Waals surface area contributed by atoms with Crippen LogP contribution >= 0.6 is 11.8 Å². The van der Waals surface area contributed by atoms with E-state index in [1.54, 1.807) is 45.2 Å².